The van der Waals surface area contributed by atoms with Gasteiger partial charge in [0.2, 0.25) is 0 Å². The summed E-state index contributed by atoms with van der Waals surface area (Å²) in [6, 6.07) is 0. The van der Waals surface area contributed by atoms with E-state index in [0.29, 0.717) is 0 Å². The largest absolute Gasteiger partial charge is 0.577 e. The van der Waals surface area contributed by atoms with Crippen molar-refractivity contribution in [1.29, 1.82) is 5.26 Å². The second-order valence-electron chi connectivity index (χ2n) is 2.80. The molecule has 1 aliphatic rings. The van der Waals surface area contributed by atoms with E-state index in [1.54, 1.807) is 7.41 Å². The Labute approximate surface area is 62.0 Å². The lowest BCUT2D eigenvalue weighted by Gasteiger charge is -2.35. The van der Waals surface area contributed by atoms with E-state index >= 15 is 0 Å². The molecule has 0 spiro atoms. The lowest BCUT2D eigenvalue weighted by atomic mass is 9.90. The summed E-state index contributed by atoms with van der Waals surface area (Å²) in [6.45, 7) is 3.39. The maximum absolute atomic E-state index is 8.42. The summed E-state index contributed by atoms with van der Waals surface area (Å²) in [5, 5.41) is 8.42. The fourth-order valence-electron chi connectivity index (χ4n) is 1.03. The van der Waals surface area contributed by atoms with Gasteiger partial charge in [-0.1, -0.05) is 0 Å². The summed E-state index contributed by atoms with van der Waals surface area (Å²) in [4.78, 5) is 0. The van der Waals surface area contributed by atoms with Crippen LogP contribution in [0.5, 0.6) is 0 Å². The summed E-state index contributed by atoms with van der Waals surface area (Å²) in [6.07, 6.45) is 0. The van der Waals surface area contributed by atoms with Crippen molar-refractivity contribution in [2.45, 2.75) is 0 Å². The maximum atomic E-state index is 8.42. The smallest absolute Gasteiger partial charge is 0.380 e. The van der Waals surface area contributed by atoms with Crippen LogP contribution in [0, 0.1) is 11.2 Å². The molecule has 0 aliphatic carbocycles. The normalized spacial score (nSPS) is 23.2. The highest BCUT2D eigenvalue weighted by molar-refractivity contribution is 6.36. The lowest BCUT2D eigenvalue weighted by Crippen LogP contribution is -2.53. The van der Waals surface area contributed by atoms with E-state index in [0.717, 1.165) is 30.7 Å². The summed E-state index contributed by atoms with van der Waals surface area (Å²) in [5.74, 6) is 2.07. The van der Waals surface area contributed by atoms with Gasteiger partial charge in [0.15, 0.2) is 0 Å². The highest BCUT2D eigenvalue weighted by atomic mass is 16.5. The molecule has 1 heterocycles. The van der Waals surface area contributed by atoms with Crippen molar-refractivity contribution in [2.24, 2.45) is 0 Å². The molecule has 3 nitrogen and oxygen atoms in total. The van der Waals surface area contributed by atoms with Crippen LogP contribution in [0.25, 0.3) is 0 Å². The van der Waals surface area contributed by atoms with E-state index in [1.165, 1.54) is 0 Å². The monoisotopic (exact) mass is 138 g/mol. The van der Waals surface area contributed by atoms with Crippen molar-refractivity contribution in [2.75, 3.05) is 33.4 Å². The van der Waals surface area contributed by atoms with Crippen LogP contribution in [0.15, 0.2) is 0 Å². The summed E-state index contributed by atoms with van der Waals surface area (Å²) < 4.78 is 5.90. The van der Waals surface area contributed by atoms with Crippen LogP contribution in [0.2, 0.25) is 0 Å². The number of hydrogen-bond donors (Lipinski definition) is 0. The Morgan fingerprint density at radius 3 is 2.60 bits per heavy atom. The number of likely N-dealkylation sites (N-methyl/N-ethyl adjacent to an activating group) is 1. The Bertz CT molecular complexity index is 148. The quantitative estimate of drug-likeness (QED) is 0.460. The van der Waals surface area contributed by atoms with E-state index in [1.807, 2.05) is 7.05 Å². The molecule has 1 aliphatic heterocycles. The molecule has 1 saturated heterocycles. The third-order valence-corrected chi connectivity index (χ3v) is 1.86. The standard InChI is InChI=1S/C6H11BN2O/c1-9(7-6-8)2-4-10-5-3-9/h2-5H2,1H3/q+1. The fraction of sp³-hybridized carbons (Fsp3) is 0.833. The van der Waals surface area contributed by atoms with Gasteiger partial charge in [0.1, 0.15) is 0 Å². The Balaban J connectivity index is 2.42. The first kappa shape index (κ1) is 7.58. The summed E-state index contributed by atoms with van der Waals surface area (Å²) >= 11 is 0. The summed E-state index contributed by atoms with van der Waals surface area (Å²) in [7, 11) is 3.72. The first-order valence-corrected chi connectivity index (χ1v) is 3.43. The van der Waals surface area contributed by atoms with Crippen molar-refractivity contribution < 1.29 is 9.13 Å². The SMILES string of the molecule is C[N+]1([B]C#N)CCOCC1. The van der Waals surface area contributed by atoms with Crippen LogP contribution in [0.4, 0.5) is 0 Å². The summed E-state index contributed by atoms with van der Waals surface area (Å²) in [5.41, 5.74) is 0. The third kappa shape index (κ3) is 1.73. The van der Waals surface area contributed by atoms with Gasteiger partial charge < -0.3 is 9.13 Å². The average molecular weight is 138 g/mol. The van der Waals surface area contributed by atoms with E-state index in [4.69, 9.17) is 10.00 Å². The Morgan fingerprint density at radius 1 is 1.50 bits per heavy atom. The van der Waals surface area contributed by atoms with E-state index in [2.05, 4.69) is 5.97 Å². The molecule has 0 saturated carbocycles. The number of morpholine rings is 1. The van der Waals surface area contributed by atoms with Gasteiger partial charge in [0, 0.05) is 0 Å². The second kappa shape index (κ2) is 3.04. The highest BCUT2D eigenvalue weighted by Crippen LogP contribution is 2.03. The first-order valence-electron chi connectivity index (χ1n) is 3.43. The number of ether oxygens (including phenoxy) is 1. The van der Waals surface area contributed by atoms with E-state index in [-0.39, 0.29) is 0 Å². The van der Waals surface area contributed by atoms with Gasteiger partial charge in [-0.05, 0) is 0 Å². The van der Waals surface area contributed by atoms with Crippen molar-refractivity contribution in [3.8, 4) is 5.97 Å². The molecule has 4 heteroatoms. The zero-order valence-corrected chi connectivity index (χ0v) is 6.21. The van der Waals surface area contributed by atoms with Crippen molar-refractivity contribution >= 4 is 7.41 Å². The molecule has 1 radical (unpaired) electrons. The molecular formula is C6H11BN2O+. The molecular weight excluding hydrogens is 127 g/mol. The molecule has 1 rings (SSSR count). The molecule has 0 aromatic heterocycles. The number of quaternary nitrogens is 1. The van der Waals surface area contributed by atoms with Crippen LogP contribution in [-0.4, -0.2) is 45.2 Å². The average Bonchev–Trinajstić information content (AvgIpc) is 1.89. The number of nitrogens with zero attached hydrogens (tertiary/aromatic N) is 2. The van der Waals surface area contributed by atoms with Crippen LogP contribution in [-0.2, 0) is 4.74 Å². The Hall–Kier alpha value is -0.525. The minimum absolute atomic E-state index is 0.733. The molecule has 0 amide bonds. The number of hydrogen-bond acceptors (Lipinski definition) is 2. The Morgan fingerprint density at radius 2 is 2.10 bits per heavy atom. The Kier molecular flexibility index (Phi) is 2.31. The van der Waals surface area contributed by atoms with Gasteiger partial charge in [0.25, 0.3) is 0 Å². The van der Waals surface area contributed by atoms with Gasteiger partial charge in [-0.25, -0.2) is 5.26 Å². The predicted octanol–water partition coefficient (Wildman–Crippen LogP) is -0.437. The van der Waals surface area contributed by atoms with Gasteiger partial charge >= 0.3 is 7.41 Å². The minimum atomic E-state index is 0.733. The molecule has 0 bridgehead atoms. The maximum Gasteiger partial charge on any atom is 0.577 e. The molecule has 0 aromatic carbocycles. The van der Waals surface area contributed by atoms with Crippen LogP contribution in [0.1, 0.15) is 0 Å². The van der Waals surface area contributed by atoms with Crippen LogP contribution >= 0.6 is 0 Å². The minimum Gasteiger partial charge on any atom is -0.380 e. The predicted molar refractivity (Wildman–Crippen MR) is 38.1 cm³/mol. The highest BCUT2D eigenvalue weighted by Gasteiger charge is 2.27. The molecule has 0 aromatic rings. The second-order valence-corrected chi connectivity index (χ2v) is 2.80. The first-order chi connectivity index (χ1) is 4.77. The molecule has 1 fully saturated rings. The molecule has 0 unspecified atom stereocenters. The third-order valence-electron chi connectivity index (χ3n) is 1.86. The molecule has 0 atom stereocenters. The molecule has 53 valence electrons. The number of rotatable bonds is 1. The molecule has 0 N–H and O–H groups in total. The van der Waals surface area contributed by atoms with Crippen molar-refractivity contribution in [1.82, 2.24) is 0 Å². The zero-order valence-electron chi connectivity index (χ0n) is 6.21. The van der Waals surface area contributed by atoms with Gasteiger partial charge in [-0.3, -0.25) is 0 Å². The van der Waals surface area contributed by atoms with E-state index < -0.39 is 0 Å². The zero-order chi connectivity index (χ0) is 7.45. The van der Waals surface area contributed by atoms with Crippen molar-refractivity contribution in [3.05, 3.63) is 0 Å². The number of nitriles is 1. The lowest BCUT2D eigenvalue weighted by molar-refractivity contribution is -0.809. The fourth-order valence-corrected chi connectivity index (χ4v) is 1.03. The van der Waals surface area contributed by atoms with Crippen molar-refractivity contribution in [3.63, 3.8) is 0 Å². The van der Waals surface area contributed by atoms with Crippen LogP contribution < -0.4 is 0 Å². The van der Waals surface area contributed by atoms with Gasteiger partial charge in [-0.2, -0.15) is 0 Å². The topological polar surface area (TPSA) is 33.0 Å². The van der Waals surface area contributed by atoms with Crippen LogP contribution in [0.3, 0.4) is 0 Å². The van der Waals surface area contributed by atoms with E-state index in [9.17, 15) is 0 Å². The molecule has 10 heavy (non-hydrogen) atoms. The van der Waals surface area contributed by atoms with Gasteiger partial charge in [-0.15, -0.1) is 0 Å². The van der Waals surface area contributed by atoms with Gasteiger partial charge in [0.05, 0.1) is 39.3 Å².